The van der Waals surface area contributed by atoms with E-state index >= 15 is 0 Å². The molecule has 20 heavy (non-hydrogen) atoms. The van der Waals surface area contributed by atoms with Gasteiger partial charge in [-0.15, -0.1) is 0 Å². The van der Waals surface area contributed by atoms with Gasteiger partial charge < -0.3 is 14.7 Å². The molecule has 0 aromatic carbocycles. The van der Waals surface area contributed by atoms with Gasteiger partial charge in [-0.05, 0) is 13.0 Å². The van der Waals surface area contributed by atoms with E-state index in [2.05, 4.69) is 18.7 Å². The number of hydrogen-bond acceptors (Lipinski definition) is 3. The zero-order chi connectivity index (χ0) is 14.5. The summed E-state index contributed by atoms with van der Waals surface area (Å²) in [6, 6.07) is 0. The molecule has 2 saturated heterocycles. The summed E-state index contributed by atoms with van der Waals surface area (Å²) >= 11 is 0. The molecule has 0 bridgehead atoms. The lowest BCUT2D eigenvalue weighted by Gasteiger charge is -2.35. The number of rotatable bonds is 5. The summed E-state index contributed by atoms with van der Waals surface area (Å²) in [6.07, 6.45) is 2.53. The van der Waals surface area contributed by atoms with E-state index in [1.807, 2.05) is 9.80 Å². The Kier molecular flexibility index (Phi) is 5.40. The van der Waals surface area contributed by atoms with Gasteiger partial charge in [-0.1, -0.05) is 20.3 Å². The Morgan fingerprint density at radius 2 is 1.90 bits per heavy atom. The Hall–Kier alpha value is -1.10. The first kappa shape index (κ1) is 15.3. The molecule has 0 saturated carbocycles. The van der Waals surface area contributed by atoms with Crippen LogP contribution in [0.4, 0.5) is 0 Å². The van der Waals surface area contributed by atoms with E-state index < -0.39 is 0 Å². The van der Waals surface area contributed by atoms with Gasteiger partial charge in [0, 0.05) is 45.7 Å². The van der Waals surface area contributed by atoms with Crippen LogP contribution >= 0.6 is 0 Å². The number of likely N-dealkylation sites (tertiary alicyclic amines) is 1. The molecule has 5 heteroatoms. The Balaban J connectivity index is 1.83. The highest BCUT2D eigenvalue weighted by Gasteiger charge is 2.36. The van der Waals surface area contributed by atoms with Crippen LogP contribution in [0.5, 0.6) is 0 Å². The number of hydrogen-bond donors (Lipinski definition) is 0. The highest BCUT2D eigenvalue weighted by molar-refractivity contribution is 5.89. The van der Waals surface area contributed by atoms with E-state index in [0.717, 1.165) is 52.1 Å². The molecule has 0 radical (unpaired) electrons. The smallest absolute Gasteiger partial charge is 0.228 e. The summed E-state index contributed by atoms with van der Waals surface area (Å²) in [5.41, 5.74) is 0. The van der Waals surface area contributed by atoms with Gasteiger partial charge in [-0.3, -0.25) is 9.59 Å². The maximum atomic E-state index is 12.5. The van der Waals surface area contributed by atoms with Crippen LogP contribution in [0.1, 0.15) is 33.1 Å². The van der Waals surface area contributed by atoms with Crippen LogP contribution < -0.4 is 0 Å². The van der Waals surface area contributed by atoms with Crippen molar-refractivity contribution in [1.29, 1.82) is 0 Å². The molecule has 5 nitrogen and oxygen atoms in total. The van der Waals surface area contributed by atoms with Crippen molar-refractivity contribution < 1.29 is 9.59 Å². The molecular weight excluding hydrogens is 254 g/mol. The molecule has 1 unspecified atom stereocenters. The first-order valence-electron chi connectivity index (χ1n) is 7.94. The summed E-state index contributed by atoms with van der Waals surface area (Å²) < 4.78 is 0. The molecule has 114 valence electrons. The third-order valence-corrected chi connectivity index (χ3v) is 4.48. The first-order valence-corrected chi connectivity index (χ1v) is 7.94. The predicted octanol–water partition coefficient (Wildman–Crippen LogP) is 0.799. The van der Waals surface area contributed by atoms with Crippen LogP contribution in [0.2, 0.25) is 0 Å². The van der Waals surface area contributed by atoms with E-state index in [1.54, 1.807) is 0 Å². The highest BCUT2D eigenvalue weighted by Crippen LogP contribution is 2.21. The molecule has 1 atom stereocenters. The van der Waals surface area contributed by atoms with Gasteiger partial charge in [0.2, 0.25) is 11.8 Å². The third-order valence-electron chi connectivity index (χ3n) is 4.48. The number of piperazine rings is 1. The van der Waals surface area contributed by atoms with Crippen molar-refractivity contribution in [3.05, 3.63) is 0 Å². The molecule has 2 aliphatic rings. The monoisotopic (exact) mass is 281 g/mol. The van der Waals surface area contributed by atoms with Gasteiger partial charge in [0.05, 0.1) is 5.92 Å². The minimum Gasteiger partial charge on any atom is -0.342 e. The second kappa shape index (κ2) is 7.07. The molecule has 2 aliphatic heterocycles. The Labute approximate surface area is 121 Å². The first-order chi connectivity index (χ1) is 9.65. The van der Waals surface area contributed by atoms with Gasteiger partial charge in [-0.25, -0.2) is 0 Å². The molecule has 0 aliphatic carbocycles. The zero-order valence-electron chi connectivity index (χ0n) is 12.8. The second-order valence-electron chi connectivity index (χ2n) is 5.85. The third kappa shape index (κ3) is 3.51. The van der Waals surface area contributed by atoms with E-state index in [4.69, 9.17) is 0 Å². The summed E-state index contributed by atoms with van der Waals surface area (Å²) in [5.74, 6) is 0.240. The van der Waals surface area contributed by atoms with Crippen LogP contribution in [0, 0.1) is 5.92 Å². The van der Waals surface area contributed by atoms with Crippen molar-refractivity contribution in [2.24, 2.45) is 5.92 Å². The molecule has 2 amide bonds. The van der Waals surface area contributed by atoms with Crippen LogP contribution in [-0.4, -0.2) is 72.3 Å². The average Bonchev–Trinajstić information content (AvgIpc) is 2.85. The SMILES string of the molecule is CCCCN1CC(C(=O)N2CCN(CC)CC2)CC1=O. The van der Waals surface area contributed by atoms with E-state index in [-0.39, 0.29) is 17.7 Å². The quantitative estimate of drug-likeness (QED) is 0.749. The van der Waals surface area contributed by atoms with Crippen molar-refractivity contribution in [3.8, 4) is 0 Å². The fourth-order valence-corrected chi connectivity index (χ4v) is 3.05. The minimum absolute atomic E-state index is 0.104. The van der Waals surface area contributed by atoms with Crippen molar-refractivity contribution in [2.75, 3.05) is 45.8 Å². The summed E-state index contributed by atoms with van der Waals surface area (Å²) in [4.78, 5) is 30.6. The number of likely N-dealkylation sites (N-methyl/N-ethyl adjacent to an activating group) is 1. The topological polar surface area (TPSA) is 43.9 Å². The Morgan fingerprint density at radius 3 is 2.50 bits per heavy atom. The summed E-state index contributed by atoms with van der Waals surface area (Å²) in [6.45, 7) is 10.3. The van der Waals surface area contributed by atoms with Crippen LogP contribution in [0.25, 0.3) is 0 Å². The molecule has 2 fully saturated rings. The molecule has 0 aromatic heterocycles. The number of nitrogens with zero attached hydrogens (tertiary/aromatic N) is 3. The number of carbonyl (C=O) groups excluding carboxylic acids is 2. The fraction of sp³-hybridized carbons (Fsp3) is 0.867. The standard InChI is InChI=1S/C15H27N3O2/c1-3-5-6-18-12-13(11-14(18)19)15(20)17-9-7-16(4-2)8-10-17/h13H,3-12H2,1-2H3. The maximum absolute atomic E-state index is 12.5. The molecule has 2 rings (SSSR count). The highest BCUT2D eigenvalue weighted by atomic mass is 16.2. The zero-order valence-corrected chi connectivity index (χ0v) is 12.8. The lowest BCUT2D eigenvalue weighted by atomic mass is 10.1. The fourth-order valence-electron chi connectivity index (χ4n) is 3.05. The van der Waals surface area contributed by atoms with Crippen molar-refractivity contribution >= 4 is 11.8 Å². The summed E-state index contributed by atoms with van der Waals surface area (Å²) in [7, 11) is 0. The largest absolute Gasteiger partial charge is 0.342 e. The van der Waals surface area contributed by atoms with Crippen LogP contribution in [0.3, 0.4) is 0 Å². The van der Waals surface area contributed by atoms with Crippen LogP contribution in [-0.2, 0) is 9.59 Å². The second-order valence-corrected chi connectivity index (χ2v) is 5.85. The summed E-state index contributed by atoms with van der Waals surface area (Å²) in [5, 5.41) is 0. The van der Waals surface area contributed by atoms with Gasteiger partial charge >= 0.3 is 0 Å². The van der Waals surface area contributed by atoms with Gasteiger partial charge in [0.1, 0.15) is 0 Å². The van der Waals surface area contributed by atoms with Gasteiger partial charge in [0.25, 0.3) is 0 Å². The predicted molar refractivity (Wildman–Crippen MR) is 78.3 cm³/mol. The van der Waals surface area contributed by atoms with E-state index in [0.29, 0.717) is 13.0 Å². The van der Waals surface area contributed by atoms with Crippen molar-refractivity contribution in [3.63, 3.8) is 0 Å². The maximum Gasteiger partial charge on any atom is 0.228 e. The van der Waals surface area contributed by atoms with Gasteiger partial charge in [0.15, 0.2) is 0 Å². The van der Waals surface area contributed by atoms with Crippen LogP contribution in [0.15, 0.2) is 0 Å². The molecule has 0 aromatic rings. The van der Waals surface area contributed by atoms with Crippen molar-refractivity contribution in [1.82, 2.24) is 14.7 Å². The molecular formula is C15H27N3O2. The average molecular weight is 281 g/mol. The molecule has 0 spiro atoms. The van der Waals surface area contributed by atoms with Gasteiger partial charge in [-0.2, -0.15) is 0 Å². The lowest BCUT2D eigenvalue weighted by molar-refractivity contribution is -0.137. The normalized spacial score (nSPS) is 24.5. The number of amides is 2. The lowest BCUT2D eigenvalue weighted by Crippen LogP contribution is -2.50. The van der Waals surface area contributed by atoms with Crippen molar-refractivity contribution in [2.45, 2.75) is 33.1 Å². The number of carbonyl (C=O) groups is 2. The molecule has 2 heterocycles. The van der Waals surface area contributed by atoms with E-state index in [1.165, 1.54) is 0 Å². The minimum atomic E-state index is -0.104. The molecule has 0 N–H and O–H groups in total. The Morgan fingerprint density at radius 1 is 1.20 bits per heavy atom. The number of unbranched alkanes of at least 4 members (excludes halogenated alkanes) is 1. The van der Waals surface area contributed by atoms with E-state index in [9.17, 15) is 9.59 Å². The Bertz CT molecular complexity index is 351.